The Kier molecular flexibility index (Phi) is 6.87. The number of aryl methyl sites for hydroxylation is 3. The van der Waals surface area contributed by atoms with Crippen LogP contribution in [0.3, 0.4) is 0 Å². The van der Waals surface area contributed by atoms with Crippen LogP contribution in [0.2, 0.25) is 0 Å². The summed E-state index contributed by atoms with van der Waals surface area (Å²) in [6.45, 7) is 22.7. The third-order valence-corrected chi connectivity index (χ3v) is 8.91. The first-order chi connectivity index (χ1) is 12.8. The van der Waals surface area contributed by atoms with Crippen molar-refractivity contribution in [3.63, 3.8) is 0 Å². The van der Waals surface area contributed by atoms with Crippen molar-refractivity contribution in [3.05, 3.63) is 58.4 Å². The van der Waals surface area contributed by atoms with Gasteiger partial charge in [0.15, 0.2) is 0 Å². The van der Waals surface area contributed by atoms with Crippen LogP contribution in [0, 0.1) is 20.8 Å². The third-order valence-electron chi connectivity index (χ3n) is 5.03. The van der Waals surface area contributed by atoms with E-state index in [1.807, 2.05) is 0 Å². The molecule has 2 rings (SSSR count). The average Bonchev–Trinajstić information content (AvgIpc) is 2.54. The second-order valence-electron chi connectivity index (χ2n) is 9.89. The van der Waals surface area contributed by atoms with Crippen LogP contribution in [0.15, 0.2) is 35.3 Å². The minimum absolute atomic E-state index is 0.215. The van der Waals surface area contributed by atoms with Crippen LogP contribution in [-0.2, 0) is 6.16 Å². The highest BCUT2D eigenvalue weighted by Gasteiger charge is 2.34. The quantitative estimate of drug-likeness (QED) is 0.383. The van der Waals surface area contributed by atoms with Crippen LogP contribution in [0.5, 0.6) is 0 Å². The summed E-state index contributed by atoms with van der Waals surface area (Å²) in [5.41, 5.74) is 7.93. The van der Waals surface area contributed by atoms with E-state index in [0.717, 1.165) is 23.3 Å². The summed E-state index contributed by atoms with van der Waals surface area (Å²) in [4.78, 5) is 9.94. The van der Waals surface area contributed by atoms with Gasteiger partial charge >= 0.3 is 0 Å². The van der Waals surface area contributed by atoms with Crippen molar-refractivity contribution in [3.8, 4) is 0 Å². The summed E-state index contributed by atoms with van der Waals surface area (Å²) in [7, 11) is -0.215. The Hall–Kier alpha value is -1.53. The summed E-state index contributed by atoms with van der Waals surface area (Å²) in [5.74, 6) is 0. The minimum Gasteiger partial charge on any atom is -0.251 e. The van der Waals surface area contributed by atoms with E-state index in [9.17, 15) is 0 Å². The first-order valence-corrected chi connectivity index (χ1v) is 11.7. The molecule has 3 heteroatoms. The Morgan fingerprint density at radius 3 is 1.96 bits per heavy atom. The van der Waals surface area contributed by atoms with Gasteiger partial charge in [-0.25, -0.2) is 0 Å². The lowest BCUT2D eigenvalue weighted by Crippen LogP contribution is -2.26. The number of nitrogens with zero attached hydrogens (tertiary/aromatic N) is 2. The van der Waals surface area contributed by atoms with Crippen LogP contribution in [-0.4, -0.2) is 21.0 Å². The van der Waals surface area contributed by atoms with Crippen molar-refractivity contribution in [2.24, 2.45) is 4.99 Å². The van der Waals surface area contributed by atoms with Crippen molar-refractivity contribution < 1.29 is 0 Å². The second kappa shape index (κ2) is 8.46. The molecule has 0 aliphatic heterocycles. The number of hydrogen-bond acceptors (Lipinski definition) is 2. The zero-order chi connectivity index (χ0) is 21.3. The lowest BCUT2D eigenvalue weighted by Gasteiger charge is -2.41. The van der Waals surface area contributed by atoms with Crippen LogP contribution >= 0.6 is 7.92 Å². The monoisotopic (exact) mass is 396 g/mol. The molecule has 152 valence electrons. The van der Waals surface area contributed by atoms with Crippen LogP contribution < -0.4 is 0 Å². The van der Waals surface area contributed by atoms with E-state index in [-0.39, 0.29) is 7.92 Å². The van der Waals surface area contributed by atoms with Crippen molar-refractivity contribution >= 4 is 19.3 Å². The fourth-order valence-electron chi connectivity index (χ4n) is 3.99. The maximum Gasteiger partial charge on any atom is 0.0845 e. The van der Waals surface area contributed by atoms with E-state index >= 15 is 0 Å². The van der Waals surface area contributed by atoms with Gasteiger partial charge in [0.2, 0.25) is 0 Å². The number of aromatic nitrogens is 1. The molecule has 0 bridgehead atoms. The van der Waals surface area contributed by atoms with E-state index in [4.69, 9.17) is 9.98 Å². The Bertz CT molecular complexity index is 830. The highest BCUT2D eigenvalue weighted by Crippen LogP contribution is 2.61. The van der Waals surface area contributed by atoms with Crippen LogP contribution in [0.1, 0.15) is 76.5 Å². The van der Waals surface area contributed by atoms with Gasteiger partial charge in [0, 0.05) is 11.9 Å². The molecule has 0 aliphatic carbocycles. The number of benzene rings is 1. The molecular formula is C25H37N2P. The number of aliphatic imine (C=N–C) groups is 1. The lowest BCUT2D eigenvalue weighted by atomic mass is 10.1. The molecule has 2 aromatic rings. The first-order valence-electron chi connectivity index (χ1n) is 10.2. The maximum atomic E-state index is 5.00. The molecule has 0 unspecified atom stereocenters. The lowest BCUT2D eigenvalue weighted by molar-refractivity contribution is 0.701. The Balaban J connectivity index is 2.37. The molecule has 2 nitrogen and oxygen atoms in total. The fraction of sp³-hybridized carbons (Fsp3) is 0.520. The highest BCUT2D eigenvalue weighted by molar-refractivity contribution is 7.60. The van der Waals surface area contributed by atoms with Crippen molar-refractivity contribution in [2.75, 3.05) is 0 Å². The van der Waals surface area contributed by atoms with E-state index in [1.165, 1.54) is 22.4 Å². The van der Waals surface area contributed by atoms with Gasteiger partial charge in [0.1, 0.15) is 0 Å². The fourth-order valence-corrected chi connectivity index (χ4v) is 7.45. The topological polar surface area (TPSA) is 25.2 Å². The van der Waals surface area contributed by atoms with Gasteiger partial charge in [-0.2, -0.15) is 0 Å². The van der Waals surface area contributed by atoms with Gasteiger partial charge in [-0.1, -0.05) is 73.2 Å². The normalized spacial score (nSPS) is 13.3. The van der Waals surface area contributed by atoms with E-state index in [2.05, 4.69) is 99.6 Å². The minimum atomic E-state index is -0.215. The molecule has 1 heterocycles. The van der Waals surface area contributed by atoms with Crippen molar-refractivity contribution in [1.82, 2.24) is 4.98 Å². The largest absolute Gasteiger partial charge is 0.251 e. The Morgan fingerprint density at radius 1 is 0.929 bits per heavy atom. The predicted molar refractivity (Wildman–Crippen MR) is 127 cm³/mol. The summed E-state index contributed by atoms with van der Waals surface area (Å²) in [5, 5.41) is 0.592. The smallest absolute Gasteiger partial charge is 0.0845 e. The molecule has 0 atom stereocenters. The molecular weight excluding hydrogens is 359 g/mol. The second-order valence-corrected chi connectivity index (χ2v) is 13.7. The SMILES string of the molecule is CC(=Nc1c(C)cc(C)cc1C)c1cccc(CP(C(C)(C)C)C(C)(C)C)n1. The summed E-state index contributed by atoms with van der Waals surface area (Å²) in [6.07, 6.45) is 1.05. The van der Waals surface area contributed by atoms with E-state index < -0.39 is 0 Å². The van der Waals surface area contributed by atoms with E-state index in [1.54, 1.807) is 0 Å². The van der Waals surface area contributed by atoms with Crippen molar-refractivity contribution in [1.29, 1.82) is 0 Å². The van der Waals surface area contributed by atoms with E-state index in [0.29, 0.717) is 10.3 Å². The Labute approximate surface area is 173 Å². The summed E-state index contributed by atoms with van der Waals surface area (Å²) in [6, 6.07) is 10.8. The molecule has 28 heavy (non-hydrogen) atoms. The average molecular weight is 397 g/mol. The Morgan fingerprint density at radius 2 is 1.46 bits per heavy atom. The molecule has 0 fully saturated rings. The van der Waals surface area contributed by atoms with Gasteiger partial charge in [0.25, 0.3) is 0 Å². The van der Waals surface area contributed by atoms with Gasteiger partial charge in [0.05, 0.1) is 17.1 Å². The first kappa shape index (κ1) is 22.8. The zero-order valence-electron chi connectivity index (χ0n) is 19.4. The van der Waals surface area contributed by atoms with Gasteiger partial charge in [-0.3, -0.25) is 9.98 Å². The third kappa shape index (κ3) is 5.74. The molecule has 0 spiro atoms. The standard InChI is InChI=1S/C25H37N2P/c1-17-14-18(2)23(19(3)15-17)26-20(4)22-13-11-12-21(27-22)16-28(24(5,6)7)25(8,9)10/h11-15H,16H2,1-10H3. The van der Waals surface area contributed by atoms with Gasteiger partial charge in [-0.15, -0.1) is 0 Å². The maximum absolute atomic E-state index is 5.00. The van der Waals surface area contributed by atoms with Crippen LogP contribution in [0.25, 0.3) is 0 Å². The molecule has 1 aromatic carbocycles. The summed E-state index contributed by atoms with van der Waals surface area (Å²) < 4.78 is 0. The number of rotatable bonds is 4. The zero-order valence-corrected chi connectivity index (χ0v) is 20.3. The molecule has 0 amide bonds. The molecule has 0 aliphatic rings. The molecule has 0 saturated carbocycles. The molecule has 0 radical (unpaired) electrons. The number of pyridine rings is 1. The molecule has 1 aromatic heterocycles. The van der Waals surface area contributed by atoms with Gasteiger partial charge < -0.3 is 0 Å². The number of hydrogen-bond donors (Lipinski definition) is 0. The van der Waals surface area contributed by atoms with Gasteiger partial charge in [-0.05, 0) is 61.3 Å². The molecule has 0 saturated heterocycles. The predicted octanol–water partition coefficient (Wildman–Crippen LogP) is 7.73. The molecule has 0 N–H and O–H groups in total. The van der Waals surface area contributed by atoms with Crippen LogP contribution in [0.4, 0.5) is 5.69 Å². The van der Waals surface area contributed by atoms with Crippen molar-refractivity contribution in [2.45, 2.75) is 85.7 Å². The highest BCUT2D eigenvalue weighted by atomic mass is 31.1. The summed E-state index contributed by atoms with van der Waals surface area (Å²) >= 11 is 0.